The number of carbonyl (C=O) groups excluding carboxylic acids is 2. The van der Waals surface area contributed by atoms with Gasteiger partial charge in [0.2, 0.25) is 0 Å². The largest absolute Gasteiger partial charge is 0.497 e. The fraction of sp³-hybridized carbons (Fsp3) is 0.389. The van der Waals surface area contributed by atoms with Crippen molar-refractivity contribution < 1.29 is 23.8 Å². The number of amides is 1. The summed E-state index contributed by atoms with van der Waals surface area (Å²) in [5.74, 6) is 0.123. The second kappa shape index (κ2) is 8.37. The Morgan fingerprint density at radius 3 is 2.35 bits per heavy atom. The van der Waals surface area contributed by atoms with Gasteiger partial charge < -0.3 is 19.5 Å². The SMILES string of the molecule is COc1ccc(OCC(=O)O[C@H](C)C(=O)Nc2c(C)nn(C)c2C)cc1. The predicted molar refractivity (Wildman–Crippen MR) is 95.4 cm³/mol. The molecule has 0 radical (unpaired) electrons. The highest BCUT2D eigenvalue weighted by molar-refractivity contribution is 5.96. The summed E-state index contributed by atoms with van der Waals surface area (Å²) in [6.45, 7) is 4.84. The first-order valence-electron chi connectivity index (χ1n) is 8.09. The average Bonchev–Trinajstić information content (AvgIpc) is 2.86. The molecule has 0 unspecified atom stereocenters. The molecule has 1 atom stereocenters. The lowest BCUT2D eigenvalue weighted by atomic mass is 10.3. The number of anilines is 1. The van der Waals surface area contributed by atoms with Crippen molar-refractivity contribution in [1.82, 2.24) is 9.78 Å². The number of aromatic nitrogens is 2. The summed E-state index contributed by atoms with van der Waals surface area (Å²) in [5, 5.41) is 6.96. The van der Waals surface area contributed by atoms with E-state index in [1.165, 1.54) is 6.92 Å². The van der Waals surface area contributed by atoms with E-state index in [2.05, 4.69) is 10.4 Å². The third-order valence-corrected chi connectivity index (χ3v) is 3.85. The highest BCUT2D eigenvalue weighted by Gasteiger charge is 2.21. The minimum Gasteiger partial charge on any atom is -0.497 e. The van der Waals surface area contributed by atoms with E-state index in [4.69, 9.17) is 14.2 Å². The highest BCUT2D eigenvalue weighted by atomic mass is 16.6. The summed E-state index contributed by atoms with van der Waals surface area (Å²) in [6, 6.07) is 6.79. The molecule has 0 fully saturated rings. The van der Waals surface area contributed by atoms with Gasteiger partial charge in [-0.2, -0.15) is 5.10 Å². The molecule has 2 rings (SSSR count). The van der Waals surface area contributed by atoms with E-state index in [1.807, 2.05) is 6.92 Å². The Morgan fingerprint density at radius 2 is 1.81 bits per heavy atom. The summed E-state index contributed by atoms with van der Waals surface area (Å²) >= 11 is 0. The first kappa shape index (κ1) is 19.3. The maximum absolute atomic E-state index is 12.2. The molecule has 26 heavy (non-hydrogen) atoms. The van der Waals surface area contributed by atoms with Crippen LogP contribution in [0.3, 0.4) is 0 Å². The van der Waals surface area contributed by atoms with Crippen molar-refractivity contribution in [2.75, 3.05) is 19.0 Å². The van der Waals surface area contributed by atoms with Gasteiger partial charge in [-0.25, -0.2) is 4.79 Å². The number of nitrogens with zero attached hydrogens (tertiary/aromatic N) is 2. The van der Waals surface area contributed by atoms with Crippen molar-refractivity contribution in [1.29, 1.82) is 0 Å². The Morgan fingerprint density at radius 1 is 1.19 bits per heavy atom. The maximum Gasteiger partial charge on any atom is 0.344 e. The Labute approximate surface area is 152 Å². The zero-order chi connectivity index (χ0) is 19.3. The minimum absolute atomic E-state index is 0.297. The van der Waals surface area contributed by atoms with Crippen LogP contribution < -0.4 is 14.8 Å². The predicted octanol–water partition coefficient (Wildman–Crippen LogP) is 1.99. The first-order chi connectivity index (χ1) is 12.3. The molecule has 0 aliphatic carbocycles. The van der Waals surface area contributed by atoms with E-state index in [0.717, 1.165) is 5.69 Å². The smallest absolute Gasteiger partial charge is 0.344 e. The van der Waals surface area contributed by atoms with Gasteiger partial charge in [-0.05, 0) is 45.0 Å². The molecule has 0 spiro atoms. The van der Waals surface area contributed by atoms with E-state index in [1.54, 1.807) is 50.0 Å². The van der Waals surface area contributed by atoms with Gasteiger partial charge in [0.1, 0.15) is 11.5 Å². The third kappa shape index (κ3) is 4.75. The highest BCUT2D eigenvalue weighted by Crippen LogP contribution is 2.19. The maximum atomic E-state index is 12.2. The van der Waals surface area contributed by atoms with E-state index in [-0.39, 0.29) is 6.61 Å². The topological polar surface area (TPSA) is 91.7 Å². The molecule has 8 heteroatoms. The zero-order valence-corrected chi connectivity index (χ0v) is 15.5. The van der Waals surface area contributed by atoms with Crippen LogP contribution in [-0.4, -0.2) is 41.5 Å². The number of hydrogen-bond acceptors (Lipinski definition) is 6. The molecular weight excluding hydrogens is 338 g/mol. The van der Waals surface area contributed by atoms with Crippen LogP contribution in [0.15, 0.2) is 24.3 Å². The van der Waals surface area contributed by atoms with Crippen LogP contribution in [0.2, 0.25) is 0 Å². The Bertz CT molecular complexity index is 783. The molecule has 0 aliphatic heterocycles. The quantitative estimate of drug-likeness (QED) is 0.759. The standard InChI is InChI=1S/C18H23N3O5/c1-11-17(12(2)21(4)20-11)19-18(23)13(3)26-16(22)10-25-15-8-6-14(24-5)7-9-15/h6-9,13H,10H2,1-5H3,(H,19,23)/t13-/m1/s1. The minimum atomic E-state index is -0.957. The van der Waals surface area contributed by atoms with E-state index in [0.29, 0.717) is 22.9 Å². The van der Waals surface area contributed by atoms with E-state index >= 15 is 0 Å². The van der Waals surface area contributed by atoms with Crippen LogP contribution in [-0.2, 0) is 21.4 Å². The van der Waals surface area contributed by atoms with E-state index in [9.17, 15) is 9.59 Å². The van der Waals surface area contributed by atoms with Crippen LogP contribution in [0.1, 0.15) is 18.3 Å². The number of benzene rings is 1. The second-order valence-corrected chi connectivity index (χ2v) is 5.75. The summed E-state index contributed by atoms with van der Waals surface area (Å²) in [7, 11) is 3.35. The summed E-state index contributed by atoms with van der Waals surface area (Å²) in [4.78, 5) is 24.1. The lowest BCUT2D eigenvalue weighted by Crippen LogP contribution is -2.32. The number of rotatable bonds is 7. The monoisotopic (exact) mass is 361 g/mol. The summed E-state index contributed by atoms with van der Waals surface area (Å²) in [6.07, 6.45) is -0.957. The summed E-state index contributed by atoms with van der Waals surface area (Å²) in [5.41, 5.74) is 2.13. The fourth-order valence-corrected chi connectivity index (χ4v) is 2.28. The number of methoxy groups -OCH3 is 1. The van der Waals surface area contributed by atoms with Gasteiger partial charge in [0.05, 0.1) is 24.2 Å². The number of nitrogens with one attached hydrogen (secondary N) is 1. The Balaban J connectivity index is 1.84. The van der Waals surface area contributed by atoms with Crippen molar-refractivity contribution >= 4 is 17.6 Å². The van der Waals surface area contributed by atoms with Gasteiger partial charge in [-0.1, -0.05) is 0 Å². The van der Waals surface area contributed by atoms with Crippen LogP contribution in [0.25, 0.3) is 0 Å². The van der Waals surface area contributed by atoms with Gasteiger partial charge in [0.25, 0.3) is 5.91 Å². The number of ether oxygens (including phenoxy) is 3. The second-order valence-electron chi connectivity index (χ2n) is 5.75. The lowest BCUT2D eigenvalue weighted by molar-refractivity contribution is -0.155. The van der Waals surface area contributed by atoms with Crippen LogP contribution in [0, 0.1) is 13.8 Å². The molecule has 1 heterocycles. The molecule has 1 N–H and O–H groups in total. The Kier molecular flexibility index (Phi) is 6.21. The molecule has 0 aliphatic rings. The molecule has 140 valence electrons. The number of hydrogen-bond donors (Lipinski definition) is 1. The zero-order valence-electron chi connectivity index (χ0n) is 15.5. The number of carbonyl (C=O) groups is 2. The molecule has 0 saturated carbocycles. The van der Waals surface area contributed by atoms with E-state index < -0.39 is 18.0 Å². The third-order valence-electron chi connectivity index (χ3n) is 3.85. The van der Waals surface area contributed by atoms with Crippen molar-refractivity contribution in [3.05, 3.63) is 35.7 Å². The van der Waals surface area contributed by atoms with Crippen molar-refractivity contribution in [3.8, 4) is 11.5 Å². The normalized spacial score (nSPS) is 11.6. The van der Waals surface area contributed by atoms with Gasteiger partial charge in [0, 0.05) is 7.05 Å². The molecule has 2 aromatic rings. The fourth-order valence-electron chi connectivity index (χ4n) is 2.28. The van der Waals surface area contributed by atoms with Gasteiger partial charge >= 0.3 is 5.97 Å². The first-order valence-corrected chi connectivity index (χ1v) is 8.09. The van der Waals surface area contributed by atoms with Gasteiger partial charge in [-0.3, -0.25) is 9.48 Å². The molecule has 1 aromatic heterocycles. The van der Waals surface area contributed by atoms with Gasteiger partial charge in [0.15, 0.2) is 12.7 Å². The molecule has 0 saturated heterocycles. The number of aryl methyl sites for hydroxylation is 2. The van der Waals surface area contributed by atoms with Crippen LogP contribution in [0.5, 0.6) is 11.5 Å². The number of esters is 1. The van der Waals surface area contributed by atoms with Crippen LogP contribution in [0.4, 0.5) is 5.69 Å². The summed E-state index contributed by atoms with van der Waals surface area (Å²) < 4.78 is 17.2. The lowest BCUT2D eigenvalue weighted by Gasteiger charge is -2.14. The van der Waals surface area contributed by atoms with Crippen molar-refractivity contribution in [2.24, 2.45) is 7.05 Å². The van der Waals surface area contributed by atoms with Gasteiger partial charge in [-0.15, -0.1) is 0 Å². The molecule has 1 aromatic carbocycles. The van der Waals surface area contributed by atoms with Crippen molar-refractivity contribution in [2.45, 2.75) is 26.9 Å². The molecule has 1 amide bonds. The average molecular weight is 361 g/mol. The molecular formula is C18H23N3O5. The Hall–Kier alpha value is -3.03. The molecule has 0 bridgehead atoms. The van der Waals surface area contributed by atoms with Crippen LogP contribution >= 0.6 is 0 Å². The molecule has 8 nitrogen and oxygen atoms in total. The van der Waals surface area contributed by atoms with Crippen molar-refractivity contribution in [3.63, 3.8) is 0 Å².